The molecule has 1 rings (SSSR count). The number of rotatable bonds is 6. The Morgan fingerprint density at radius 1 is 1.30 bits per heavy atom. The number of amides is 1. The summed E-state index contributed by atoms with van der Waals surface area (Å²) in [6.45, 7) is 6.67. The highest BCUT2D eigenvalue weighted by molar-refractivity contribution is 7.89. The molecule has 0 atom stereocenters. The Morgan fingerprint density at radius 2 is 1.90 bits per heavy atom. The smallest absolute Gasteiger partial charge is 0.260 e. The predicted octanol–water partition coefficient (Wildman–Crippen LogP) is 0.890. The molecule has 0 bridgehead atoms. The van der Waals surface area contributed by atoms with Gasteiger partial charge in [-0.3, -0.25) is 4.79 Å². The summed E-state index contributed by atoms with van der Waals surface area (Å²) >= 11 is 0. The number of aryl methyl sites for hydroxylation is 1. The van der Waals surface area contributed by atoms with Crippen LogP contribution in [0.15, 0.2) is 23.1 Å². The maximum atomic E-state index is 11.8. The third-order valence-corrected chi connectivity index (χ3v) is 3.85. The molecule has 0 aromatic heterocycles. The molecule has 0 aliphatic heterocycles. The van der Waals surface area contributed by atoms with Crippen LogP contribution in [0.4, 0.5) is 0 Å². The molecule has 6 nitrogen and oxygen atoms in total. The van der Waals surface area contributed by atoms with Gasteiger partial charge < -0.3 is 9.64 Å². The van der Waals surface area contributed by atoms with E-state index in [1.165, 1.54) is 18.2 Å². The monoisotopic (exact) mass is 300 g/mol. The van der Waals surface area contributed by atoms with Gasteiger partial charge in [0.25, 0.3) is 5.91 Å². The van der Waals surface area contributed by atoms with Crippen LogP contribution < -0.4 is 9.88 Å². The van der Waals surface area contributed by atoms with Gasteiger partial charge in [0.15, 0.2) is 6.61 Å². The van der Waals surface area contributed by atoms with Crippen LogP contribution in [0, 0.1) is 6.92 Å². The van der Waals surface area contributed by atoms with Crippen molar-refractivity contribution in [2.45, 2.75) is 25.7 Å². The first kappa shape index (κ1) is 16.5. The average Bonchev–Trinajstić information content (AvgIpc) is 2.37. The van der Waals surface area contributed by atoms with E-state index in [0.717, 1.165) is 0 Å². The van der Waals surface area contributed by atoms with E-state index in [1.54, 1.807) is 11.8 Å². The largest absolute Gasteiger partial charge is 0.483 e. The van der Waals surface area contributed by atoms with Gasteiger partial charge in [0, 0.05) is 13.1 Å². The van der Waals surface area contributed by atoms with Crippen molar-refractivity contribution in [3.63, 3.8) is 0 Å². The van der Waals surface area contributed by atoms with Crippen molar-refractivity contribution in [1.29, 1.82) is 0 Å². The molecule has 0 saturated carbocycles. The maximum absolute atomic E-state index is 11.8. The fraction of sp³-hybridized carbons (Fsp3) is 0.462. The lowest BCUT2D eigenvalue weighted by atomic mass is 10.2. The minimum absolute atomic E-state index is 0.0254. The lowest BCUT2D eigenvalue weighted by Crippen LogP contribution is -2.34. The summed E-state index contributed by atoms with van der Waals surface area (Å²) in [6.07, 6.45) is 0. The number of primary sulfonamides is 1. The number of ether oxygens (including phenoxy) is 1. The molecule has 7 heteroatoms. The standard InChI is InChI=1S/C13H20N2O4S/c1-4-15(5-2)13(16)9-19-12-7-6-11(8-10(12)3)20(14,17)18/h6-8H,4-5,9H2,1-3H3,(H2,14,17,18). The molecule has 2 N–H and O–H groups in total. The van der Waals surface area contributed by atoms with E-state index in [4.69, 9.17) is 9.88 Å². The van der Waals surface area contributed by atoms with Gasteiger partial charge in [-0.2, -0.15) is 0 Å². The van der Waals surface area contributed by atoms with Crippen molar-refractivity contribution >= 4 is 15.9 Å². The van der Waals surface area contributed by atoms with Gasteiger partial charge >= 0.3 is 0 Å². The minimum Gasteiger partial charge on any atom is -0.483 e. The van der Waals surface area contributed by atoms with Crippen LogP contribution in [0.5, 0.6) is 5.75 Å². The molecule has 0 aliphatic carbocycles. The van der Waals surface area contributed by atoms with Gasteiger partial charge in [0.05, 0.1) is 4.90 Å². The Morgan fingerprint density at radius 3 is 2.35 bits per heavy atom. The number of sulfonamides is 1. The van der Waals surface area contributed by atoms with Gasteiger partial charge in [0.2, 0.25) is 10.0 Å². The summed E-state index contributed by atoms with van der Waals surface area (Å²) in [4.78, 5) is 13.5. The SMILES string of the molecule is CCN(CC)C(=O)COc1ccc(S(N)(=O)=O)cc1C. The van der Waals surface area contributed by atoms with Crippen molar-refractivity contribution in [2.75, 3.05) is 19.7 Å². The Labute approximate surface area is 119 Å². The summed E-state index contributed by atoms with van der Waals surface area (Å²) in [5.41, 5.74) is 0.615. The Bertz CT molecular complexity index is 580. The van der Waals surface area contributed by atoms with E-state index in [0.29, 0.717) is 24.4 Å². The summed E-state index contributed by atoms with van der Waals surface area (Å²) < 4.78 is 27.8. The van der Waals surface area contributed by atoms with E-state index >= 15 is 0 Å². The molecule has 0 aliphatic rings. The molecule has 0 radical (unpaired) electrons. The fourth-order valence-electron chi connectivity index (χ4n) is 1.77. The van der Waals surface area contributed by atoms with Crippen LogP contribution in [0.2, 0.25) is 0 Å². The second-order valence-corrected chi connectivity index (χ2v) is 5.89. The zero-order valence-electron chi connectivity index (χ0n) is 11.9. The van der Waals surface area contributed by atoms with Crippen LogP contribution in [-0.2, 0) is 14.8 Å². The molecule has 112 valence electrons. The predicted molar refractivity (Wildman–Crippen MR) is 76.0 cm³/mol. The molecular weight excluding hydrogens is 280 g/mol. The highest BCUT2D eigenvalue weighted by Crippen LogP contribution is 2.21. The Balaban J connectivity index is 2.78. The number of carbonyl (C=O) groups excluding carboxylic acids is 1. The molecule has 0 heterocycles. The van der Waals surface area contributed by atoms with Crippen molar-refractivity contribution in [1.82, 2.24) is 4.90 Å². The van der Waals surface area contributed by atoms with Gasteiger partial charge in [-0.05, 0) is 44.5 Å². The van der Waals surface area contributed by atoms with E-state index in [1.807, 2.05) is 13.8 Å². The van der Waals surface area contributed by atoms with E-state index < -0.39 is 10.0 Å². The van der Waals surface area contributed by atoms with Crippen molar-refractivity contribution in [3.05, 3.63) is 23.8 Å². The Hall–Kier alpha value is -1.60. The van der Waals surface area contributed by atoms with E-state index in [-0.39, 0.29) is 17.4 Å². The first-order chi connectivity index (χ1) is 9.29. The van der Waals surface area contributed by atoms with E-state index in [2.05, 4.69) is 0 Å². The number of hydrogen-bond donors (Lipinski definition) is 1. The van der Waals surface area contributed by atoms with Crippen LogP contribution in [0.1, 0.15) is 19.4 Å². The lowest BCUT2D eigenvalue weighted by molar-refractivity contribution is -0.132. The second kappa shape index (κ2) is 6.71. The van der Waals surface area contributed by atoms with Crippen molar-refractivity contribution < 1.29 is 17.9 Å². The normalized spacial score (nSPS) is 11.2. The first-order valence-corrected chi connectivity index (χ1v) is 7.88. The Kier molecular flexibility index (Phi) is 5.52. The number of carbonyl (C=O) groups is 1. The van der Waals surface area contributed by atoms with Gasteiger partial charge in [-0.25, -0.2) is 13.6 Å². The van der Waals surface area contributed by atoms with Gasteiger partial charge in [-0.15, -0.1) is 0 Å². The molecule has 1 amide bonds. The summed E-state index contributed by atoms with van der Waals surface area (Å²) in [5, 5.41) is 5.04. The lowest BCUT2D eigenvalue weighted by Gasteiger charge is -2.19. The highest BCUT2D eigenvalue weighted by Gasteiger charge is 2.13. The topological polar surface area (TPSA) is 89.7 Å². The third kappa shape index (κ3) is 4.21. The van der Waals surface area contributed by atoms with Gasteiger partial charge in [-0.1, -0.05) is 0 Å². The number of hydrogen-bond acceptors (Lipinski definition) is 4. The summed E-state index contributed by atoms with van der Waals surface area (Å²) in [6, 6.07) is 4.29. The molecule has 1 aromatic carbocycles. The zero-order chi connectivity index (χ0) is 15.3. The molecule has 0 spiro atoms. The number of benzene rings is 1. The third-order valence-electron chi connectivity index (χ3n) is 2.94. The molecule has 0 fully saturated rings. The quantitative estimate of drug-likeness (QED) is 0.845. The van der Waals surface area contributed by atoms with Gasteiger partial charge in [0.1, 0.15) is 5.75 Å². The zero-order valence-corrected chi connectivity index (χ0v) is 12.7. The molecular formula is C13H20N2O4S. The second-order valence-electron chi connectivity index (χ2n) is 4.33. The molecule has 0 saturated heterocycles. The number of nitrogens with zero attached hydrogens (tertiary/aromatic N) is 1. The molecule has 0 unspecified atom stereocenters. The number of nitrogens with two attached hydrogens (primary N) is 1. The number of likely N-dealkylation sites (N-methyl/N-ethyl adjacent to an activating group) is 1. The highest BCUT2D eigenvalue weighted by atomic mass is 32.2. The van der Waals surface area contributed by atoms with Crippen LogP contribution >= 0.6 is 0 Å². The summed E-state index contributed by atoms with van der Waals surface area (Å²) in [7, 11) is -3.73. The maximum Gasteiger partial charge on any atom is 0.260 e. The van der Waals surface area contributed by atoms with Crippen LogP contribution in [-0.4, -0.2) is 38.9 Å². The minimum atomic E-state index is -3.73. The van der Waals surface area contributed by atoms with Crippen LogP contribution in [0.25, 0.3) is 0 Å². The summed E-state index contributed by atoms with van der Waals surface area (Å²) in [5.74, 6) is 0.364. The first-order valence-electron chi connectivity index (χ1n) is 6.33. The molecule has 1 aromatic rings. The van der Waals surface area contributed by atoms with Crippen molar-refractivity contribution in [3.8, 4) is 5.75 Å². The molecule has 20 heavy (non-hydrogen) atoms. The average molecular weight is 300 g/mol. The van der Waals surface area contributed by atoms with Crippen molar-refractivity contribution in [2.24, 2.45) is 5.14 Å². The van der Waals surface area contributed by atoms with E-state index in [9.17, 15) is 13.2 Å². The fourth-order valence-corrected chi connectivity index (χ4v) is 2.37. The van der Waals surface area contributed by atoms with Crippen LogP contribution in [0.3, 0.4) is 0 Å².